The number of rotatable bonds is 3. The normalized spacial score (nSPS) is 28.6. The molecule has 19 heavy (non-hydrogen) atoms. The van der Waals surface area contributed by atoms with Crippen molar-refractivity contribution in [2.45, 2.75) is 44.8 Å². The number of ether oxygens (including phenoxy) is 1. The highest BCUT2D eigenvalue weighted by Gasteiger charge is 2.21. The van der Waals surface area contributed by atoms with E-state index >= 15 is 0 Å². The van der Waals surface area contributed by atoms with E-state index in [4.69, 9.17) is 4.74 Å². The zero-order valence-corrected chi connectivity index (χ0v) is 11.6. The summed E-state index contributed by atoms with van der Waals surface area (Å²) in [5.41, 5.74) is 0. The number of anilines is 1. The summed E-state index contributed by atoms with van der Waals surface area (Å²) in [5.74, 6) is 1.78. The first-order valence-electron chi connectivity index (χ1n) is 7.32. The summed E-state index contributed by atoms with van der Waals surface area (Å²) in [6.45, 7) is 6.02. The molecule has 1 aromatic rings. The predicted octanol–water partition coefficient (Wildman–Crippen LogP) is 0.714. The van der Waals surface area contributed by atoms with Gasteiger partial charge in [-0.05, 0) is 26.2 Å². The first kappa shape index (κ1) is 12.9. The van der Waals surface area contributed by atoms with Crippen LogP contribution in [0.5, 0.6) is 0 Å². The Morgan fingerprint density at radius 1 is 1.42 bits per heavy atom. The molecule has 2 saturated heterocycles. The van der Waals surface area contributed by atoms with Crippen LogP contribution in [0.25, 0.3) is 0 Å². The van der Waals surface area contributed by atoms with Crippen molar-refractivity contribution in [3.8, 4) is 0 Å². The van der Waals surface area contributed by atoms with Gasteiger partial charge in [-0.25, -0.2) is 0 Å². The van der Waals surface area contributed by atoms with E-state index < -0.39 is 0 Å². The van der Waals surface area contributed by atoms with Crippen LogP contribution < -0.4 is 10.2 Å². The van der Waals surface area contributed by atoms with Gasteiger partial charge in [0, 0.05) is 38.7 Å². The van der Waals surface area contributed by atoms with Gasteiger partial charge in [0.15, 0.2) is 0 Å². The van der Waals surface area contributed by atoms with Gasteiger partial charge in [-0.2, -0.15) is 4.98 Å². The van der Waals surface area contributed by atoms with Gasteiger partial charge in [0.1, 0.15) is 5.82 Å². The molecule has 0 saturated carbocycles. The van der Waals surface area contributed by atoms with E-state index in [0.717, 1.165) is 50.9 Å². The first-order chi connectivity index (χ1) is 9.31. The van der Waals surface area contributed by atoms with Gasteiger partial charge < -0.3 is 15.0 Å². The highest BCUT2D eigenvalue weighted by atomic mass is 16.5. The second-order valence-electron chi connectivity index (χ2n) is 5.58. The molecular formula is C13H23N5O. The molecule has 0 radical (unpaired) electrons. The summed E-state index contributed by atoms with van der Waals surface area (Å²) in [7, 11) is 0. The zero-order valence-electron chi connectivity index (χ0n) is 11.6. The molecule has 106 valence electrons. The number of piperazine rings is 1. The second kappa shape index (κ2) is 5.88. The maximum absolute atomic E-state index is 5.74. The number of aromatic nitrogens is 3. The average Bonchev–Trinajstić information content (AvgIpc) is 2.88. The Kier molecular flexibility index (Phi) is 3.98. The summed E-state index contributed by atoms with van der Waals surface area (Å²) >= 11 is 0. The maximum Gasteiger partial charge on any atom is 0.244 e. The summed E-state index contributed by atoms with van der Waals surface area (Å²) in [4.78, 5) is 6.85. The third kappa shape index (κ3) is 3.25. The van der Waals surface area contributed by atoms with Crippen LogP contribution in [-0.4, -0.2) is 53.6 Å². The molecule has 0 amide bonds. The van der Waals surface area contributed by atoms with Crippen molar-refractivity contribution >= 4 is 5.95 Å². The molecule has 2 fully saturated rings. The molecule has 1 aromatic heterocycles. The minimum Gasteiger partial charge on any atom is -0.378 e. The summed E-state index contributed by atoms with van der Waals surface area (Å²) < 4.78 is 5.74. The van der Waals surface area contributed by atoms with Crippen LogP contribution >= 0.6 is 0 Å². The lowest BCUT2D eigenvalue weighted by Gasteiger charge is -2.30. The summed E-state index contributed by atoms with van der Waals surface area (Å²) in [6, 6.07) is 0.498. The quantitative estimate of drug-likeness (QED) is 0.843. The number of nitrogens with one attached hydrogen (secondary N) is 2. The molecule has 3 heterocycles. The lowest BCUT2D eigenvalue weighted by atomic mass is 10.1. The van der Waals surface area contributed by atoms with Gasteiger partial charge in [-0.3, -0.25) is 5.10 Å². The molecule has 0 bridgehead atoms. The first-order valence-corrected chi connectivity index (χ1v) is 7.32. The Balaban J connectivity index is 1.59. The van der Waals surface area contributed by atoms with Crippen molar-refractivity contribution in [1.29, 1.82) is 0 Å². The van der Waals surface area contributed by atoms with Crippen molar-refractivity contribution in [3.63, 3.8) is 0 Å². The van der Waals surface area contributed by atoms with E-state index in [1.165, 1.54) is 12.8 Å². The fraction of sp³-hybridized carbons (Fsp3) is 0.846. The minimum atomic E-state index is 0.316. The van der Waals surface area contributed by atoms with Crippen molar-refractivity contribution < 1.29 is 4.74 Å². The summed E-state index contributed by atoms with van der Waals surface area (Å²) in [5, 5.41) is 10.8. The van der Waals surface area contributed by atoms with Crippen LogP contribution in [0.4, 0.5) is 5.95 Å². The minimum absolute atomic E-state index is 0.316. The molecule has 2 aliphatic heterocycles. The van der Waals surface area contributed by atoms with Gasteiger partial charge in [-0.1, -0.05) is 0 Å². The molecule has 0 aliphatic carbocycles. The van der Waals surface area contributed by atoms with Crippen LogP contribution in [0, 0.1) is 0 Å². The number of hydrogen-bond donors (Lipinski definition) is 2. The smallest absolute Gasteiger partial charge is 0.244 e. The van der Waals surface area contributed by atoms with E-state index in [-0.39, 0.29) is 0 Å². The molecule has 6 heteroatoms. The third-order valence-corrected chi connectivity index (χ3v) is 3.87. The molecule has 2 aliphatic rings. The van der Waals surface area contributed by atoms with Gasteiger partial charge in [-0.15, -0.1) is 5.10 Å². The average molecular weight is 265 g/mol. The number of H-pyrrole nitrogens is 1. The van der Waals surface area contributed by atoms with E-state index in [1.54, 1.807) is 0 Å². The highest BCUT2D eigenvalue weighted by Crippen LogP contribution is 2.17. The van der Waals surface area contributed by atoms with Crippen molar-refractivity contribution in [2.75, 3.05) is 31.1 Å². The fourth-order valence-corrected chi connectivity index (χ4v) is 2.82. The summed E-state index contributed by atoms with van der Waals surface area (Å²) in [6.07, 6.45) is 4.77. The Morgan fingerprint density at radius 3 is 3.16 bits per heavy atom. The molecule has 3 rings (SSSR count). The molecular weight excluding hydrogens is 242 g/mol. The lowest BCUT2D eigenvalue weighted by molar-refractivity contribution is 0.0157. The van der Waals surface area contributed by atoms with E-state index in [1.807, 2.05) is 0 Å². The molecule has 2 atom stereocenters. The number of hydrogen-bond acceptors (Lipinski definition) is 5. The zero-order chi connectivity index (χ0) is 13.1. The highest BCUT2D eigenvalue weighted by molar-refractivity contribution is 5.30. The number of nitrogens with zero attached hydrogens (tertiary/aromatic N) is 3. The van der Waals surface area contributed by atoms with Crippen LogP contribution in [0.2, 0.25) is 0 Å². The third-order valence-electron chi connectivity index (χ3n) is 3.87. The SMILES string of the molecule is CC1CN(c2n[nH]c(CC3CCCCO3)n2)CCN1. The van der Waals surface area contributed by atoms with Crippen LogP contribution in [0.1, 0.15) is 32.0 Å². The number of aromatic amines is 1. The second-order valence-corrected chi connectivity index (χ2v) is 5.58. The largest absolute Gasteiger partial charge is 0.378 e. The molecule has 0 spiro atoms. The van der Waals surface area contributed by atoms with Crippen LogP contribution in [0.3, 0.4) is 0 Å². The van der Waals surface area contributed by atoms with Crippen molar-refractivity contribution in [2.24, 2.45) is 0 Å². The fourth-order valence-electron chi connectivity index (χ4n) is 2.82. The molecule has 0 aromatic carbocycles. The van der Waals surface area contributed by atoms with Gasteiger partial charge in [0.2, 0.25) is 5.95 Å². The standard InChI is InChI=1S/C13H23N5O/c1-10-9-18(6-5-14-10)13-15-12(16-17-13)8-11-4-2-3-7-19-11/h10-11,14H,2-9H2,1H3,(H,15,16,17). The van der Waals surface area contributed by atoms with E-state index in [9.17, 15) is 0 Å². The molecule has 6 nitrogen and oxygen atoms in total. The van der Waals surface area contributed by atoms with E-state index in [2.05, 4.69) is 32.3 Å². The molecule has 2 unspecified atom stereocenters. The Morgan fingerprint density at radius 2 is 2.37 bits per heavy atom. The van der Waals surface area contributed by atoms with Crippen LogP contribution in [0.15, 0.2) is 0 Å². The van der Waals surface area contributed by atoms with Crippen molar-refractivity contribution in [3.05, 3.63) is 5.82 Å². The Labute approximate surface area is 113 Å². The molecule has 2 N–H and O–H groups in total. The maximum atomic E-state index is 5.74. The Hall–Kier alpha value is -1.14. The predicted molar refractivity (Wildman–Crippen MR) is 73.4 cm³/mol. The van der Waals surface area contributed by atoms with Crippen molar-refractivity contribution in [1.82, 2.24) is 20.5 Å². The van der Waals surface area contributed by atoms with Gasteiger partial charge >= 0.3 is 0 Å². The Bertz CT molecular complexity index is 401. The lowest BCUT2D eigenvalue weighted by Crippen LogP contribution is -2.49. The van der Waals surface area contributed by atoms with Gasteiger partial charge in [0.25, 0.3) is 0 Å². The van der Waals surface area contributed by atoms with Gasteiger partial charge in [0.05, 0.1) is 6.10 Å². The van der Waals surface area contributed by atoms with E-state index in [0.29, 0.717) is 12.1 Å². The topological polar surface area (TPSA) is 66.1 Å². The van der Waals surface area contributed by atoms with Crippen LogP contribution in [-0.2, 0) is 11.2 Å². The monoisotopic (exact) mass is 265 g/mol.